The molecule has 6 nitrogen and oxygen atoms in total. The summed E-state index contributed by atoms with van der Waals surface area (Å²) in [7, 11) is 4.92. The van der Waals surface area contributed by atoms with E-state index in [0.29, 0.717) is 19.0 Å². The minimum Gasteiger partial charge on any atom is -0.497 e. The first-order valence-electron chi connectivity index (χ1n) is 8.03. The predicted octanol–water partition coefficient (Wildman–Crippen LogP) is 3.49. The van der Waals surface area contributed by atoms with Crippen LogP contribution in [0.5, 0.6) is 11.5 Å². The number of pyridine rings is 1. The van der Waals surface area contributed by atoms with Crippen LogP contribution >= 0.6 is 0 Å². The lowest BCUT2D eigenvalue weighted by atomic mass is 10.1. The van der Waals surface area contributed by atoms with E-state index in [4.69, 9.17) is 20.8 Å². The van der Waals surface area contributed by atoms with Crippen molar-refractivity contribution in [1.29, 1.82) is 0 Å². The van der Waals surface area contributed by atoms with Gasteiger partial charge in [0.1, 0.15) is 17.2 Å². The minimum absolute atomic E-state index is 0.385. The van der Waals surface area contributed by atoms with Gasteiger partial charge in [0.15, 0.2) is 0 Å². The molecule has 0 spiro atoms. The maximum atomic E-state index is 7.32. The molecule has 6 heteroatoms. The van der Waals surface area contributed by atoms with Gasteiger partial charge in [-0.1, -0.05) is 12.6 Å². The normalized spacial score (nSPS) is 10.2. The highest BCUT2D eigenvalue weighted by atomic mass is 16.5. The van der Waals surface area contributed by atoms with E-state index in [1.54, 1.807) is 21.3 Å². The maximum absolute atomic E-state index is 7.32. The van der Waals surface area contributed by atoms with Gasteiger partial charge in [-0.2, -0.15) is 0 Å². The molecule has 0 fully saturated rings. The Bertz CT molecular complexity index is 741. The number of aromatic nitrogens is 1. The lowest BCUT2D eigenvalue weighted by Gasteiger charge is -2.10. The number of methoxy groups -OCH3 is 3. The number of anilines is 1. The van der Waals surface area contributed by atoms with Crippen LogP contribution in [0, 0.1) is 6.57 Å². The fourth-order valence-corrected chi connectivity index (χ4v) is 2.46. The van der Waals surface area contributed by atoms with E-state index < -0.39 is 0 Å². The molecule has 0 bridgehead atoms. The van der Waals surface area contributed by atoms with Gasteiger partial charge >= 0.3 is 0 Å². The van der Waals surface area contributed by atoms with E-state index >= 15 is 0 Å². The molecule has 0 aliphatic heterocycles. The van der Waals surface area contributed by atoms with Gasteiger partial charge in [-0.15, -0.1) is 4.98 Å². The second-order valence-electron chi connectivity index (χ2n) is 5.38. The molecule has 0 unspecified atom stereocenters. The van der Waals surface area contributed by atoms with Crippen molar-refractivity contribution < 1.29 is 14.2 Å². The van der Waals surface area contributed by atoms with Crippen LogP contribution in [0.1, 0.15) is 11.3 Å². The summed E-state index contributed by atoms with van der Waals surface area (Å²) in [6, 6.07) is 9.62. The third-order valence-corrected chi connectivity index (χ3v) is 3.81. The van der Waals surface area contributed by atoms with Crippen molar-refractivity contribution in [2.75, 3.05) is 39.8 Å². The topological polar surface area (TPSA) is 57.0 Å². The standard InChI is InChI=1S/C19H23N3O3/c1-20-19-17(21-11-12-23-2)10-8-15(22-19)7-5-14-6-9-16(24-3)13-18(14)25-4/h6,8-10,13,21H,5,7,11-12H2,2-4H3. The predicted molar refractivity (Wildman–Crippen MR) is 97.8 cm³/mol. The zero-order valence-corrected chi connectivity index (χ0v) is 14.8. The van der Waals surface area contributed by atoms with Crippen LogP contribution in [-0.4, -0.2) is 39.5 Å². The molecule has 0 amide bonds. The second-order valence-corrected chi connectivity index (χ2v) is 5.38. The first-order valence-corrected chi connectivity index (χ1v) is 8.03. The average molecular weight is 341 g/mol. The van der Waals surface area contributed by atoms with Crippen LogP contribution in [0.2, 0.25) is 0 Å². The van der Waals surface area contributed by atoms with E-state index in [-0.39, 0.29) is 0 Å². The fourth-order valence-electron chi connectivity index (χ4n) is 2.46. The van der Waals surface area contributed by atoms with E-state index in [0.717, 1.165) is 41.3 Å². The van der Waals surface area contributed by atoms with Crippen molar-refractivity contribution in [2.24, 2.45) is 0 Å². The van der Waals surface area contributed by atoms with E-state index in [2.05, 4.69) is 15.1 Å². The Hall–Kier alpha value is -2.78. The smallest absolute Gasteiger partial charge is 0.292 e. The van der Waals surface area contributed by atoms with Crippen molar-refractivity contribution in [3.8, 4) is 11.5 Å². The van der Waals surface area contributed by atoms with Gasteiger partial charge in [-0.3, -0.25) is 0 Å². The fraction of sp³-hybridized carbons (Fsp3) is 0.368. The molecule has 1 N–H and O–H groups in total. The third kappa shape index (κ3) is 5.10. The summed E-state index contributed by atoms with van der Waals surface area (Å²) in [4.78, 5) is 7.97. The van der Waals surface area contributed by atoms with Crippen LogP contribution in [-0.2, 0) is 17.6 Å². The van der Waals surface area contributed by atoms with Crippen LogP contribution in [0.15, 0.2) is 30.3 Å². The van der Waals surface area contributed by atoms with Crippen molar-refractivity contribution >= 4 is 11.5 Å². The first-order chi connectivity index (χ1) is 12.2. The average Bonchev–Trinajstić information content (AvgIpc) is 2.66. The summed E-state index contributed by atoms with van der Waals surface area (Å²) in [6.07, 6.45) is 1.50. The van der Waals surface area contributed by atoms with Gasteiger partial charge < -0.3 is 24.4 Å². The van der Waals surface area contributed by atoms with Crippen LogP contribution in [0.25, 0.3) is 4.85 Å². The van der Waals surface area contributed by atoms with Crippen molar-refractivity contribution in [1.82, 2.24) is 4.98 Å². The first kappa shape index (κ1) is 18.6. The summed E-state index contributed by atoms with van der Waals surface area (Å²) in [5.41, 5.74) is 2.69. The lowest BCUT2D eigenvalue weighted by molar-refractivity contribution is 0.211. The van der Waals surface area contributed by atoms with Gasteiger partial charge in [-0.25, -0.2) is 0 Å². The molecule has 1 aromatic heterocycles. The van der Waals surface area contributed by atoms with E-state index in [1.807, 2.05) is 30.3 Å². The molecule has 0 atom stereocenters. The van der Waals surface area contributed by atoms with E-state index in [9.17, 15) is 0 Å². The largest absolute Gasteiger partial charge is 0.497 e. The van der Waals surface area contributed by atoms with Crippen molar-refractivity contribution in [3.05, 3.63) is 53.0 Å². The highest BCUT2D eigenvalue weighted by Crippen LogP contribution is 2.27. The van der Waals surface area contributed by atoms with Crippen molar-refractivity contribution in [3.63, 3.8) is 0 Å². The SMILES string of the molecule is [C-]#[N+]c1nc(CCc2ccc(OC)cc2OC)ccc1NCCOC. The highest BCUT2D eigenvalue weighted by Gasteiger charge is 2.10. The van der Waals surface area contributed by atoms with Gasteiger partial charge in [0.2, 0.25) is 0 Å². The Kier molecular flexibility index (Phi) is 7.05. The second kappa shape index (κ2) is 9.50. The van der Waals surface area contributed by atoms with Gasteiger partial charge in [0.25, 0.3) is 5.82 Å². The molecule has 1 aromatic carbocycles. The summed E-state index contributed by atoms with van der Waals surface area (Å²) in [5.74, 6) is 1.94. The molecule has 0 saturated carbocycles. The van der Waals surface area contributed by atoms with Crippen LogP contribution in [0.3, 0.4) is 0 Å². The van der Waals surface area contributed by atoms with Gasteiger partial charge in [0.05, 0.1) is 26.5 Å². The molecule has 25 heavy (non-hydrogen) atoms. The molecule has 1 heterocycles. The number of nitrogens with zero attached hydrogens (tertiary/aromatic N) is 2. The number of nitrogens with one attached hydrogen (secondary N) is 1. The van der Waals surface area contributed by atoms with Gasteiger partial charge in [-0.05, 0) is 30.2 Å². The van der Waals surface area contributed by atoms with Crippen molar-refractivity contribution in [2.45, 2.75) is 12.8 Å². The lowest BCUT2D eigenvalue weighted by Crippen LogP contribution is -2.08. The molecule has 2 aromatic rings. The maximum Gasteiger partial charge on any atom is 0.292 e. The number of hydrogen-bond donors (Lipinski definition) is 1. The van der Waals surface area contributed by atoms with E-state index in [1.165, 1.54) is 0 Å². The third-order valence-electron chi connectivity index (χ3n) is 3.81. The van der Waals surface area contributed by atoms with Gasteiger partial charge in [0, 0.05) is 26.1 Å². The quantitative estimate of drug-likeness (QED) is 0.559. The Morgan fingerprint density at radius 2 is 1.92 bits per heavy atom. The van der Waals surface area contributed by atoms with Crippen LogP contribution < -0.4 is 14.8 Å². The Morgan fingerprint density at radius 3 is 2.60 bits per heavy atom. The van der Waals surface area contributed by atoms with Crippen LogP contribution in [0.4, 0.5) is 11.5 Å². The summed E-state index contributed by atoms with van der Waals surface area (Å²) >= 11 is 0. The molecule has 132 valence electrons. The summed E-state index contributed by atoms with van der Waals surface area (Å²) in [6.45, 7) is 8.55. The molecule has 0 aliphatic rings. The Balaban J connectivity index is 2.07. The molecule has 0 aliphatic carbocycles. The number of aryl methyl sites for hydroxylation is 2. The summed E-state index contributed by atoms with van der Waals surface area (Å²) in [5, 5.41) is 3.16. The monoisotopic (exact) mass is 341 g/mol. The highest BCUT2D eigenvalue weighted by molar-refractivity contribution is 5.65. The summed E-state index contributed by atoms with van der Waals surface area (Å²) < 4.78 is 15.6. The Labute approximate surface area is 148 Å². The molecule has 0 radical (unpaired) electrons. The molecule has 0 saturated heterocycles. The molecular weight excluding hydrogens is 318 g/mol. The molecule has 2 rings (SSSR count). The number of rotatable bonds is 9. The number of ether oxygens (including phenoxy) is 3. The zero-order valence-electron chi connectivity index (χ0n) is 14.8. The minimum atomic E-state index is 0.385. The number of hydrogen-bond acceptors (Lipinski definition) is 5. The number of benzene rings is 1. The molecular formula is C19H23N3O3. The zero-order chi connectivity index (χ0) is 18.1. The Morgan fingerprint density at radius 1 is 1.08 bits per heavy atom.